The number of nitrogens with one attached hydrogen (secondary N) is 2. The maximum Gasteiger partial charge on any atom is 0.283 e. The van der Waals surface area contributed by atoms with Crippen LogP contribution in [0.4, 0.5) is 32.0 Å². The van der Waals surface area contributed by atoms with Gasteiger partial charge in [0.25, 0.3) is 5.92 Å². The number of aromatic nitrogens is 1. The van der Waals surface area contributed by atoms with Crippen LogP contribution < -0.4 is 5.32 Å². The summed E-state index contributed by atoms with van der Waals surface area (Å²) in [6, 6.07) is 4.47. The van der Waals surface area contributed by atoms with E-state index >= 15 is 8.78 Å². The molecule has 206 valence electrons. The lowest BCUT2D eigenvalue weighted by Crippen LogP contribution is -2.54. The Balaban J connectivity index is 1.52. The van der Waals surface area contributed by atoms with Crippen molar-refractivity contribution in [1.29, 1.82) is 0 Å². The molecule has 2 aliphatic rings. The first-order chi connectivity index (χ1) is 18.1. The van der Waals surface area contributed by atoms with E-state index in [1.54, 1.807) is 6.92 Å². The Morgan fingerprint density at radius 2 is 1.82 bits per heavy atom. The summed E-state index contributed by atoms with van der Waals surface area (Å²) in [5, 5.41) is 12.8. The number of benzene rings is 2. The smallest absolute Gasteiger partial charge is 0.283 e. The maximum atomic E-state index is 15.7. The van der Waals surface area contributed by atoms with Crippen LogP contribution in [0.15, 0.2) is 30.3 Å². The van der Waals surface area contributed by atoms with Crippen LogP contribution in [0.1, 0.15) is 36.2 Å². The van der Waals surface area contributed by atoms with Crippen molar-refractivity contribution < 1.29 is 31.4 Å². The van der Waals surface area contributed by atoms with E-state index in [-0.39, 0.29) is 18.2 Å². The quantitative estimate of drug-likeness (QED) is 0.335. The topological polar surface area (TPSA) is 54.5 Å². The van der Waals surface area contributed by atoms with Crippen LogP contribution in [0.2, 0.25) is 0 Å². The fraction of sp³-hybridized carbons (Fsp3) is 0.481. The number of halogens is 6. The van der Waals surface area contributed by atoms with Crippen molar-refractivity contribution in [2.45, 2.75) is 43.8 Å². The summed E-state index contributed by atoms with van der Waals surface area (Å²) in [5.41, 5.74) is 1.28. The molecule has 5 rings (SSSR count). The van der Waals surface area contributed by atoms with Gasteiger partial charge in [-0.1, -0.05) is 0 Å². The van der Waals surface area contributed by atoms with Crippen molar-refractivity contribution >= 4 is 16.6 Å². The van der Waals surface area contributed by atoms with Gasteiger partial charge in [-0.05, 0) is 55.7 Å². The zero-order valence-electron chi connectivity index (χ0n) is 20.9. The Morgan fingerprint density at radius 1 is 1.11 bits per heavy atom. The zero-order chi connectivity index (χ0) is 27.2. The molecule has 3 aromatic rings. The minimum absolute atomic E-state index is 0.0519. The molecule has 0 unspecified atom stereocenters. The van der Waals surface area contributed by atoms with Gasteiger partial charge in [0.05, 0.1) is 25.3 Å². The maximum absolute atomic E-state index is 15.7. The molecule has 5 nitrogen and oxygen atoms in total. The number of hydrogen-bond acceptors (Lipinski definition) is 4. The summed E-state index contributed by atoms with van der Waals surface area (Å²) in [6.07, 6.45) is 0.680. The number of nitrogens with zero attached hydrogens (tertiary/aromatic N) is 2. The molecule has 11 heteroatoms. The van der Waals surface area contributed by atoms with Crippen molar-refractivity contribution in [2.24, 2.45) is 0 Å². The SMILES string of the molecule is C[C@H]1Cc2c([nH]c3ccc(F)cc23)[C@H](c2c(F)cc(NC3CN(CCCF)C3)cc2F)N1CC(F)(F)CO. The van der Waals surface area contributed by atoms with Gasteiger partial charge in [-0.3, -0.25) is 14.2 Å². The Morgan fingerprint density at radius 3 is 2.47 bits per heavy atom. The standard InChI is InChI=1S/C27H30F6N4O/c1-15-7-20-19-8-16(29)3-4-23(19)35-25(20)26(37(15)13-27(32,33)14-38)24-21(30)9-17(10-22(24)31)34-18-11-36(12-18)6-2-5-28/h3-4,8-10,15,18,26,34-35,38H,2,5-7,11-14H2,1H3/t15-,26-/m0/s1. The van der Waals surface area contributed by atoms with Gasteiger partial charge < -0.3 is 15.4 Å². The average Bonchev–Trinajstić information content (AvgIpc) is 3.18. The second-order valence-corrected chi connectivity index (χ2v) is 10.3. The van der Waals surface area contributed by atoms with Crippen LogP contribution in [-0.2, 0) is 6.42 Å². The number of anilines is 1. The number of H-pyrrole nitrogens is 1. The predicted molar refractivity (Wildman–Crippen MR) is 133 cm³/mol. The molecular weight excluding hydrogens is 510 g/mol. The van der Waals surface area contributed by atoms with Crippen molar-refractivity contribution in [1.82, 2.24) is 14.8 Å². The fourth-order valence-corrected chi connectivity index (χ4v) is 5.69. The largest absolute Gasteiger partial charge is 0.390 e. The Bertz CT molecular complexity index is 1290. The molecule has 3 heterocycles. The first-order valence-corrected chi connectivity index (χ1v) is 12.7. The zero-order valence-corrected chi connectivity index (χ0v) is 20.9. The highest BCUT2D eigenvalue weighted by Gasteiger charge is 2.43. The van der Waals surface area contributed by atoms with Crippen LogP contribution in [0.5, 0.6) is 0 Å². The van der Waals surface area contributed by atoms with E-state index in [0.29, 0.717) is 48.2 Å². The van der Waals surface area contributed by atoms with E-state index in [4.69, 9.17) is 0 Å². The first kappa shape index (κ1) is 26.8. The van der Waals surface area contributed by atoms with E-state index in [1.807, 2.05) is 4.90 Å². The van der Waals surface area contributed by atoms with Crippen LogP contribution >= 0.6 is 0 Å². The number of alkyl halides is 3. The van der Waals surface area contributed by atoms with Gasteiger partial charge in [-0.2, -0.15) is 0 Å². The second-order valence-electron chi connectivity index (χ2n) is 10.3. The predicted octanol–water partition coefficient (Wildman–Crippen LogP) is 5.00. The number of aliphatic hydroxyl groups is 1. The van der Waals surface area contributed by atoms with E-state index in [1.165, 1.54) is 23.1 Å². The summed E-state index contributed by atoms with van der Waals surface area (Å²) in [4.78, 5) is 6.40. The van der Waals surface area contributed by atoms with E-state index in [2.05, 4.69) is 10.3 Å². The van der Waals surface area contributed by atoms with Gasteiger partial charge in [0.1, 0.15) is 24.1 Å². The normalized spacial score (nSPS) is 21.1. The summed E-state index contributed by atoms with van der Waals surface area (Å²) >= 11 is 0. The molecule has 0 bridgehead atoms. The monoisotopic (exact) mass is 540 g/mol. The summed E-state index contributed by atoms with van der Waals surface area (Å²) in [7, 11) is 0. The third-order valence-corrected chi connectivity index (χ3v) is 7.51. The highest BCUT2D eigenvalue weighted by molar-refractivity contribution is 5.85. The van der Waals surface area contributed by atoms with Crippen LogP contribution in [0.25, 0.3) is 10.9 Å². The lowest BCUT2D eigenvalue weighted by Gasteiger charge is -2.42. The third kappa shape index (κ3) is 5.11. The van der Waals surface area contributed by atoms with Gasteiger partial charge in [0, 0.05) is 53.5 Å². The molecule has 1 aromatic heterocycles. The molecule has 0 spiro atoms. The van der Waals surface area contributed by atoms with Gasteiger partial charge in [-0.25, -0.2) is 22.0 Å². The number of fused-ring (bicyclic) bond motifs is 3. The lowest BCUT2D eigenvalue weighted by molar-refractivity contribution is -0.0869. The van der Waals surface area contributed by atoms with Crippen molar-refractivity contribution in [3.05, 3.63) is 64.6 Å². The number of aliphatic hydroxyl groups excluding tert-OH is 1. The molecule has 0 amide bonds. The molecule has 1 saturated heterocycles. The summed E-state index contributed by atoms with van der Waals surface area (Å²) in [5.74, 6) is -5.80. The third-order valence-electron chi connectivity index (χ3n) is 7.51. The Labute approximate surface area is 216 Å². The molecule has 2 atom stereocenters. The molecule has 0 radical (unpaired) electrons. The summed E-state index contributed by atoms with van der Waals surface area (Å²) in [6.45, 7) is 0.772. The van der Waals surface area contributed by atoms with Crippen molar-refractivity contribution in [3.63, 3.8) is 0 Å². The van der Waals surface area contributed by atoms with E-state index in [9.17, 15) is 22.7 Å². The molecule has 2 aromatic carbocycles. The Kier molecular flexibility index (Phi) is 7.36. The van der Waals surface area contributed by atoms with Crippen molar-refractivity contribution in [2.75, 3.05) is 44.8 Å². The van der Waals surface area contributed by atoms with Gasteiger partial charge in [-0.15, -0.1) is 0 Å². The fourth-order valence-electron chi connectivity index (χ4n) is 5.69. The highest BCUT2D eigenvalue weighted by atomic mass is 19.3. The number of rotatable bonds is 9. The van der Waals surface area contributed by atoms with E-state index < -0.39 is 60.8 Å². The van der Waals surface area contributed by atoms with E-state index in [0.717, 1.165) is 12.1 Å². The first-order valence-electron chi connectivity index (χ1n) is 12.7. The van der Waals surface area contributed by atoms with Crippen LogP contribution in [0.3, 0.4) is 0 Å². The molecule has 38 heavy (non-hydrogen) atoms. The van der Waals surface area contributed by atoms with Crippen LogP contribution in [0, 0.1) is 17.5 Å². The molecule has 0 aliphatic carbocycles. The molecule has 1 fully saturated rings. The minimum Gasteiger partial charge on any atom is -0.390 e. The van der Waals surface area contributed by atoms with Crippen molar-refractivity contribution in [3.8, 4) is 0 Å². The highest BCUT2D eigenvalue weighted by Crippen LogP contribution is 2.44. The molecule has 0 saturated carbocycles. The second kappa shape index (κ2) is 10.4. The number of hydrogen-bond donors (Lipinski definition) is 3. The molecule has 3 N–H and O–H groups in total. The average molecular weight is 541 g/mol. The van der Waals surface area contributed by atoms with Gasteiger partial charge in [0.2, 0.25) is 0 Å². The number of likely N-dealkylation sites (tertiary alicyclic amines) is 1. The summed E-state index contributed by atoms with van der Waals surface area (Å²) < 4.78 is 86.6. The minimum atomic E-state index is -3.51. The van der Waals surface area contributed by atoms with Gasteiger partial charge >= 0.3 is 0 Å². The number of aromatic amines is 1. The van der Waals surface area contributed by atoms with Crippen LogP contribution in [-0.4, -0.2) is 77.4 Å². The van der Waals surface area contributed by atoms with Gasteiger partial charge in [0.15, 0.2) is 0 Å². The molecular formula is C27H30F6N4O. The Hall–Kier alpha value is -2.76. The molecule has 2 aliphatic heterocycles. The lowest BCUT2D eigenvalue weighted by atomic mass is 9.87.